The molecule has 24 heavy (non-hydrogen) atoms. The molecular weight excluding hydrogens is 298 g/mol. The average molecular weight is 329 g/mol. The molecule has 0 aliphatic heterocycles. The Morgan fingerprint density at radius 1 is 1.08 bits per heavy atom. The highest BCUT2D eigenvalue weighted by atomic mass is 16.3. The Labute approximate surface area is 145 Å². The normalized spacial score (nSPS) is 13.8. The predicted octanol–water partition coefficient (Wildman–Crippen LogP) is 4.15. The van der Waals surface area contributed by atoms with E-state index in [-0.39, 0.29) is 6.61 Å². The number of nitrogens with two attached hydrogens (primary N) is 1. The van der Waals surface area contributed by atoms with E-state index in [2.05, 4.69) is 41.2 Å². The lowest BCUT2D eigenvalue weighted by molar-refractivity contribution is 0.204. The van der Waals surface area contributed by atoms with E-state index in [1.54, 1.807) is 13.1 Å². The summed E-state index contributed by atoms with van der Waals surface area (Å²) in [5, 5.41) is 9.33. The summed E-state index contributed by atoms with van der Waals surface area (Å²) in [5.74, 6) is 0.608. The topological polar surface area (TPSA) is 74.9 Å². The van der Waals surface area contributed by atoms with Crippen LogP contribution in [0, 0.1) is 0 Å². The monoisotopic (exact) mass is 329 g/mol. The first-order valence-electron chi connectivity index (χ1n) is 9.11. The molecule has 4 heteroatoms. The zero-order valence-corrected chi connectivity index (χ0v) is 15.0. The van der Waals surface area contributed by atoms with Crippen molar-refractivity contribution in [2.45, 2.75) is 64.3 Å². The van der Waals surface area contributed by atoms with Crippen LogP contribution in [0.5, 0.6) is 0 Å². The predicted molar refractivity (Wildman–Crippen MR) is 99.7 cm³/mol. The number of imidazole rings is 1. The maximum Gasteiger partial charge on any atom is 0.128 e. The van der Waals surface area contributed by atoms with Crippen LogP contribution in [-0.4, -0.2) is 21.7 Å². The summed E-state index contributed by atoms with van der Waals surface area (Å²) in [5.41, 5.74) is 8.58. The molecule has 0 fully saturated rings. The molecule has 1 atom stereocenters. The third kappa shape index (κ3) is 5.18. The molecule has 1 heterocycles. The van der Waals surface area contributed by atoms with Crippen LogP contribution in [-0.2, 0) is 12.0 Å². The first kappa shape index (κ1) is 18.7. The smallest absolute Gasteiger partial charge is 0.128 e. The number of benzene rings is 1. The van der Waals surface area contributed by atoms with Gasteiger partial charge in [-0.25, -0.2) is 4.98 Å². The number of aliphatic hydroxyl groups excluding tert-OH is 1. The van der Waals surface area contributed by atoms with Crippen molar-refractivity contribution in [1.29, 1.82) is 0 Å². The number of aliphatic hydroxyl groups is 1. The van der Waals surface area contributed by atoms with E-state index in [4.69, 9.17) is 5.73 Å². The molecule has 0 saturated carbocycles. The molecule has 4 N–H and O–H groups in total. The van der Waals surface area contributed by atoms with Gasteiger partial charge >= 0.3 is 0 Å². The minimum atomic E-state index is -0.837. The van der Waals surface area contributed by atoms with Crippen molar-refractivity contribution in [3.05, 3.63) is 41.9 Å². The Kier molecular flexibility index (Phi) is 7.00. The maximum absolute atomic E-state index is 9.33. The molecular formula is C20H31N3O. The van der Waals surface area contributed by atoms with E-state index < -0.39 is 5.54 Å². The largest absolute Gasteiger partial charge is 0.394 e. The summed E-state index contributed by atoms with van der Waals surface area (Å²) in [4.78, 5) is 7.52. The Morgan fingerprint density at radius 3 is 2.42 bits per heavy atom. The summed E-state index contributed by atoms with van der Waals surface area (Å²) >= 11 is 0. The van der Waals surface area contributed by atoms with Gasteiger partial charge in [0.15, 0.2) is 0 Å². The lowest BCUT2D eigenvalue weighted by atomic mass is 10.0. The van der Waals surface area contributed by atoms with Gasteiger partial charge in [0.2, 0.25) is 0 Å². The third-order valence-electron chi connectivity index (χ3n) is 4.53. The van der Waals surface area contributed by atoms with Crippen molar-refractivity contribution in [3.63, 3.8) is 0 Å². The number of rotatable bonds is 10. The first-order chi connectivity index (χ1) is 11.6. The van der Waals surface area contributed by atoms with Gasteiger partial charge in [-0.05, 0) is 30.9 Å². The fraction of sp³-hybridized carbons (Fsp3) is 0.550. The van der Waals surface area contributed by atoms with Crippen molar-refractivity contribution in [2.75, 3.05) is 6.61 Å². The molecule has 1 aromatic heterocycles. The molecule has 1 aromatic carbocycles. The van der Waals surface area contributed by atoms with E-state index in [9.17, 15) is 5.11 Å². The van der Waals surface area contributed by atoms with Crippen LogP contribution in [0.25, 0.3) is 11.3 Å². The number of unbranched alkanes of at least 4 members (excludes halogenated alkanes) is 5. The second-order valence-electron chi connectivity index (χ2n) is 6.94. The Bertz CT molecular complexity index is 602. The SMILES string of the molecule is CCCCCCCCc1ccc(-c2cnc([C@@](C)(N)CO)[nH]2)cc1. The van der Waals surface area contributed by atoms with Crippen molar-refractivity contribution < 1.29 is 5.11 Å². The van der Waals surface area contributed by atoms with Gasteiger partial charge in [0.25, 0.3) is 0 Å². The van der Waals surface area contributed by atoms with Crippen LogP contribution in [0.3, 0.4) is 0 Å². The second kappa shape index (κ2) is 9.00. The highest BCUT2D eigenvalue weighted by Gasteiger charge is 2.23. The number of aromatic amines is 1. The molecule has 0 saturated heterocycles. The van der Waals surface area contributed by atoms with Crippen LogP contribution < -0.4 is 5.73 Å². The highest BCUT2D eigenvalue weighted by molar-refractivity contribution is 5.59. The quantitative estimate of drug-likeness (QED) is 0.573. The molecule has 0 amide bonds. The van der Waals surface area contributed by atoms with Gasteiger partial charge in [0.05, 0.1) is 24.0 Å². The zero-order valence-electron chi connectivity index (χ0n) is 15.0. The lowest BCUT2D eigenvalue weighted by Crippen LogP contribution is -2.38. The van der Waals surface area contributed by atoms with E-state index in [0.717, 1.165) is 17.7 Å². The summed E-state index contributed by atoms with van der Waals surface area (Å²) < 4.78 is 0. The molecule has 2 rings (SSSR count). The number of hydrogen-bond donors (Lipinski definition) is 3. The van der Waals surface area contributed by atoms with E-state index in [0.29, 0.717) is 5.82 Å². The third-order valence-corrected chi connectivity index (χ3v) is 4.53. The van der Waals surface area contributed by atoms with E-state index >= 15 is 0 Å². The van der Waals surface area contributed by atoms with Crippen molar-refractivity contribution in [3.8, 4) is 11.3 Å². The molecule has 0 radical (unpaired) electrons. The second-order valence-corrected chi connectivity index (χ2v) is 6.94. The van der Waals surface area contributed by atoms with Crippen molar-refractivity contribution in [2.24, 2.45) is 5.73 Å². The number of H-pyrrole nitrogens is 1. The molecule has 0 unspecified atom stereocenters. The Morgan fingerprint density at radius 2 is 1.75 bits per heavy atom. The van der Waals surface area contributed by atoms with Crippen molar-refractivity contribution >= 4 is 0 Å². The molecule has 0 spiro atoms. The van der Waals surface area contributed by atoms with E-state index in [1.807, 2.05) is 0 Å². The van der Waals surface area contributed by atoms with Crippen LogP contribution in [0.4, 0.5) is 0 Å². The number of aryl methyl sites for hydroxylation is 1. The minimum Gasteiger partial charge on any atom is -0.394 e. The fourth-order valence-corrected chi connectivity index (χ4v) is 2.79. The standard InChI is InChI=1S/C20H31N3O/c1-3-4-5-6-7-8-9-16-10-12-17(13-11-16)18-14-22-19(23-18)20(2,21)15-24/h10-14,24H,3-9,15,21H2,1-2H3,(H,22,23)/t20-/m0/s1. The van der Waals surface area contributed by atoms with Crippen LogP contribution in [0.2, 0.25) is 0 Å². The highest BCUT2D eigenvalue weighted by Crippen LogP contribution is 2.22. The van der Waals surface area contributed by atoms with Gasteiger partial charge in [-0.15, -0.1) is 0 Å². The minimum absolute atomic E-state index is 0.142. The summed E-state index contributed by atoms with van der Waals surface area (Å²) in [7, 11) is 0. The number of nitrogens with one attached hydrogen (secondary N) is 1. The van der Waals surface area contributed by atoms with Crippen LogP contribution in [0.1, 0.15) is 63.8 Å². The van der Waals surface area contributed by atoms with Gasteiger partial charge in [0, 0.05) is 0 Å². The Balaban J connectivity index is 1.88. The van der Waals surface area contributed by atoms with Crippen LogP contribution >= 0.6 is 0 Å². The van der Waals surface area contributed by atoms with E-state index in [1.165, 1.54) is 44.1 Å². The van der Waals surface area contributed by atoms with Gasteiger partial charge in [-0.1, -0.05) is 63.3 Å². The summed E-state index contributed by atoms with van der Waals surface area (Å²) in [6.45, 7) is 3.87. The first-order valence-corrected chi connectivity index (χ1v) is 9.11. The fourth-order valence-electron chi connectivity index (χ4n) is 2.79. The van der Waals surface area contributed by atoms with Gasteiger partial charge in [0.1, 0.15) is 5.82 Å². The number of nitrogens with zero attached hydrogens (tertiary/aromatic N) is 1. The molecule has 0 bridgehead atoms. The molecule has 2 aromatic rings. The molecule has 4 nitrogen and oxygen atoms in total. The average Bonchev–Trinajstić information content (AvgIpc) is 3.09. The number of aromatic nitrogens is 2. The lowest BCUT2D eigenvalue weighted by Gasteiger charge is -2.18. The zero-order chi connectivity index (χ0) is 17.4. The number of hydrogen-bond acceptors (Lipinski definition) is 3. The van der Waals surface area contributed by atoms with Gasteiger partial charge in [-0.2, -0.15) is 0 Å². The maximum atomic E-state index is 9.33. The van der Waals surface area contributed by atoms with Crippen LogP contribution in [0.15, 0.2) is 30.5 Å². The Hall–Kier alpha value is -1.65. The summed E-state index contributed by atoms with van der Waals surface area (Å²) in [6, 6.07) is 8.62. The molecule has 132 valence electrons. The van der Waals surface area contributed by atoms with Gasteiger partial charge in [-0.3, -0.25) is 0 Å². The molecule has 0 aliphatic carbocycles. The molecule has 0 aliphatic rings. The van der Waals surface area contributed by atoms with Crippen molar-refractivity contribution in [1.82, 2.24) is 9.97 Å². The summed E-state index contributed by atoms with van der Waals surface area (Å²) in [6.07, 6.45) is 10.9. The van der Waals surface area contributed by atoms with Gasteiger partial charge < -0.3 is 15.8 Å².